The number of benzene rings is 2. The normalized spacial score (nSPS) is 22.7. The molecule has 2 aliphatic rings. The van der Waals surface area contributed by atoms with Crippen molar-refractivity contribution in [1.29, 1.82) is 0 Å². The topological polar surface area (TPSA) is 89.2 Å². The summed E-state index contributed by atoms with van der Waals surface area (Å²) < 4.78 is 28.9. The number of carbonyl (C=O) groups excluding carboxylic acids is 1. The molecule has 190 valence electrons. The molecule has 6 rings (SSSR count). The summed E-state index contributed by atoms with van der Waals surface area (Å²) in [5.74, 6) is 0.847. The van der Waals surface area contributed by atoms with Gasteiger partial charge in [-0.15, -0.1) is 0 Å². The number of aromatic nitrogens is 4. The van der Waals surface area contributed by atoms with Crippen LogP contribution >= 0.6 is 11.8 Å². The zero-order chi connectivity index (χ0) is 25.7. The van der Waals surface area contributed by atoms with Gasteiger partial charge in [-0.2, -0.15) is 14.6 Å². The molecule has 2 aromatic heterocycles. The Morgan fingerprint density at radius 1 is 1.08 bits per heavy atom. The summed E-state index contributed by atoms with van der Waals surface area (Å²) in [6, 6.07) is 9.63. The van der Waals surface area contributed by atoms with E-state index in [1.165, 1.54) is 59.8 Å². The van der Waals surface area contributed by atoms with Gasteiger partial charge >= 0.3 is 0 Å². The van der Waals surface area contributed by atoms with Crippen LogP contribution in [0, 0.1) is 29.4 Å². The maximum Gasteiger partial charge on any atom is 0.300 e. The van der Waals surface area contributed by atoms with Gasteiger partial charge in [-0.25, -0.2) is 13.8 Å². The molecule has 1 amide bonds. The molecule has 1 N–H and O–H groups in total. The van der Waals surface area contributed by atoms with Crippen LogP contribution in [0.2, 0.25) is 0 Å². The first kappa shape index (κ1) is 24.0. The van der Waals surface area contributed by atoms with Crippen molar-refractivity contribution in [3.8, 4) is 11.3 Å². The van der Waals surface area contributed by atoms with Crippen molar-refractivity contribution in [3.63, 3.8) is 0 Å². The van der Waals surface area contributed by atoms with Gasteiger partial charge in [0.2, 0.25) is 5.91 Å². The van der Waals surface area contributed by atoms with Gasteiger partial charge in [0.15, 0.2) is 16.5 Å². The molecule has 4 aromatic rings. The molecule has 2 fully saturated rings. The molecule has 2 heterocycles. The van der Waals surface area contributed by atoms with Crippen molar-refractivity contribution in [1.82, 2.24) is 24.9 Å². The second-order valence-electron chi connectivity index (χ2n) is 9.85. The van der Waals surface area contributed by atoms with Crippen molar-refractivity contribution in [2.45, 2.75) is 43.8 Å². The Kier molecular flexibility index (Phi) is 6.14. The number of carbonyl (C=O) groups is 1. The van der Waals surface area contributed by atoms with Crippen molar-refractivity contribution >= 4 is 34.2 Å². The Bertz CT molecular complexity index is 1580. The first-order valence-electron chi connectivity index (χ1n) is 12.5. The summed E-state index contributed by atoms with van der Waals surface area (Å²) in [7, 11) is 0. The van der Waals surface area contributed by atoms with E-state index in [-0.39, 0.29) is 29.0 Å². The second kappa shape index (κ2) is 9.48. The van der Waals surface area contributed by atoms with E-state index in [0.717, 1.165) is 24.6 Å². The molecule has 2 aliphatic carbocycles. The average molecular weight is 522 g/mol. The molecule has 2 aromatic carbocycles. The third-order valence-electron chi connectivity index (χ3n) is 7.75. The van der Waals surface area contributed by atoms with Gasteiger partial charge in [0.25, 0.3) is 5.56 Å². The predicted octanol–water partition coefficient (Wildman–Crippen LogP) is 4.62. The van der Waals surface area contributed by atoms with Gasteiger partial charge in [0.05, 0.1) is 11.3 Å². The first-order chi connectivity index (χ1) is 17.9. The van der Waals surface area contributed by atoms with Crippen molar-refractivity contribution in [3.05, 3.63) is 64.5 Å². The molecule has 0 saturated heterocycles. The standard InChI is InChI=1S/C27H25F2N5O2S/c1-2-19-15-3-4-16(11-15)23(19)31-22(35)13-37-27-30-21-12-18(29)9-10-20(21)25-32-26(36)24(33-34(25)27)14-5-7-17(28)8-6-14/h5-10,12,15-16,19,23H,2-4,11,13H2,1H3,(H,31,35)/t15-,16-,19-,23+/m0/s1. The maximum atomic E-state index is 14.0. The van der Waals surface area contributed by atoms with Gasteiger partial charge in [-0.1, -0.05) is 25.1 Å². The van der Waals surface area contributed by atoms with Crippen LogP contribution in [-0.2, 0) is 4.79 Å². The molecule has 37 heavy (non-hydrogen) atoms. The van der Waals surface area contributed by atoms with E-state index in [1.54, 1.807) is 0 Å². The highest BCUT2D eigenvalue weighted by Crippen LogP contribution is 2.49. The van der Waals surface area contributed by atoms with E-state index in [4.69, 9.17) is 0 Å². The van der Waals surface area contributed by atoms with Crippen LogP contribution < -0.4 is 10.9 Å². The number of nitrogens with zero attached hydrogens (tertiary/aromatic N) is 4. The molecule has 0 aliphatic heterocycles. The Hall–Kier alpha value is -3.40. The fraction of sp³-hybridized carbons (Fsp3) is 0.370. The van der Waals surface area contributed by atoms with Gasteiger partial charge < -0.3 is 5.32 Å². The third kappa shape index (κ3) is 4.37. The minimum Gasteiger partial charge on any atom is -0.352 e. The second-order valence-corrected chi connectivity index (χ2v) is 10.8. The molecule has 0 unspecified atom stereocenters. The lowest BCUT2D eigenvalue weighted by molar-refractivity contribution is -0.120. The zero-order valence-corrected chi connectivity index (χ0v) is 21.0. The number of fused-ring (bicyclic) bond motifs is 5. The average Bonchev–Trinajstić information content (AvgIpc) is 3.49. The van der Waals surface area contributed by atoms with Gasteiger partial charge in [-0.3, -0.25) is 9.59 Å². The number of halogens is 2. The lowest BCUT2D eigenvalue weighted by Gasteiger charge is -2.31. The monoisotopic (exact) mass is 521 g/mol. The van der Waals surface area contributed by atoms with Crippen molar-refractivity contribution in [2.75, 3.05) is 5.75 Å². The summed E-state index contributed by atoms with van der Waals surface area (Å²) in [4.78, 5) is 34.6. The number of hydrogen-bond donors (Lipinski definition) is 1. The zero-order valence-electron chi connectivity index (χ0n) is 20.2. The smallest absolute Gasteiger partial charge is 0.300 e. The highest BCUT2D eigenvalue weighted by atomic mass is 32.2. The highest BCUT2D eigenvalue weighted by molar-refractivity contribution is 7.99. The van der Waals surface area contributed by atoms with Crippen LogP contribution in [-0.4, -0.2) is 37.3 Å². The first-order valence-corrected chi connectivity index (χ1v) is 13.5. The molecule has 7 nitrogen and oxygen atoms in total. The Morgan fingerprint density at radius 3 is 2.62 bits per heavy atom. The molecule has 4 atom stereocenters. The number of hydrogen-bond acceptors (Lipinski definition) is 6. The lowest BCUT2D eigenvalue weighted by Crippen LogP contribution is -2.44. The number of thioether (sulfide) groups is 1. The molecule has 2 bridgehead atoms. The van der Waals surface area contributed by atoms with Gasteiger partial charge in [-0.05, 0) is 73.4 Å². The summed E-state index contributed by atoms with van der Waals surface area (Å²) in [5.41, 5.74) is 0.357. The fourth-order valence-electron chi connectivity index (χ4n) is 6.09. The summed E-state index contributed by atoms with van der Waals surface area (Å²) in [6.07, 6.45) is 4.66. The number of rotatable bonds is 6. The Labute approximate surface area is 215 Å². The van der Waals surface area contributed by atoms with Crippen LogP contribution in [0.4, 0.5) is 8.78 Å². The molecular weight excluding hydrogens is 496 g/mol. The predicted molar refractivity (Wildman–Crippen MR) is 137 cm³/mol. The fourth-order valence-corrected chi connectivity index (χ4v) is 6.85. The Balaban J connectivity index is 1.35. The Morgan fingerprint density at radius 2 is 1.84 bits per heavy atom. The molecule has 2 saturated carbocycles. The van der Waals surface area contributed by atoms with Crippen molar-refractivity contribution < 1.29 is 13.6 Å². The minimum atomic E-state index is -0.598. The lowest BCUT2D eigenvalue weighted by atomic mass is 9.83. The van der Waals surface area contributed by atoms with E-state index in [2.05, 4.69) is 27.3 Å². The van der Waals surface area contributed by atoms with Crippen LogP contribution in [0.1, 0.15) is 32.6 Å². The molecule has 0 spiro atoms. The number of nitrogens with one attached hydrogen (secondary N) is 1. The molecular formula is C27H25F2N5O2S. The maximum absolute atomic E-state index is 14.0. The van der Waals surface area contributed by atoms with E-state index >= 15 is 0 Å². The van der Waals surface area contributed by atoms with Crippen LogP contribution in [0.25, 0.3) is 27.8 Å². The van der Waals surface area contributed by atoms with E-state index in [0.29, 0.717) is 39.4 Å². The summed E-state index contributed by atoms with van der Waals surface area (Å²) >= 11 is 1.16. The molecule has 10 heteroatoms. The SMILES string of the molecule is CC[C@H]1[C@H]2CC[C@@H](C2)[C@H]1NC(=O)CSc1nc2cc(F)ccc2c2nc(=O)c(-c3ccc(F)cc3)nn12. The van der Waals surface area contributed by atoms with Crippen molar-refractivity contribution in [2.24, 2.45) is 17.8 Å². The highest BCUT2D eigenvalue weighted by Gasteiger charge is 2.46. The third-order valence-corrected chi connectivity index (χ3v) is 8.68. The molecule has 0 radical (unpaired) electrons. The van der Waals surface area contributed by atoms with E-state index in [1.807, 2.05) is 0 Å². The van der Waals surface area contributed by atoms with E-state index in [9.17, 15) is 18.4 Å². The minimum absolute atomic E-state index is 0.0276. The number of amides is 1. The van der Waals surface area contributed by atoms with Gasteiger partial charge in [0.1, 0.15) is 11.6 Å². The van der Waals surface area contributed by atoms with Crippen LogP contribution in [0.3, 0.4) is 0 Å². The summed E-state index contributed by atoms with van der Waals surface area (Å²) in [6.45, 7) is 2.18. The van der Waals surface area contributed by atoms with Crippen LogP contribution in [0.5, 0.6) is 0 Å². The quantitative estimate of drug-likeness (QED) is 0.226. The van der Waals surface area contributed by atoms with Crippen LogP contribution in [0.15, 0.2) is 52.4 Å². The van der Waals surface area contributed by atoms with E-state index < -0.39 is 17.2 Å². The summed E-state index contributed by atoms with van der Waals surface area (Å²) in [5, 5.41) is 8.51. The largest absolute Gasteiger partial charge is 0.352 e. The van der Waals surface area contributed by atoms with Gasteiger partial charge in [0, 0.05) is 23.1 Å².